The molecule has 0 aromatic heterocycles. The molecule has 3 rings (SSSR count). The summed E-state index contributed by atoms with van der Waals surface area (Å²) >= 11 is 0. The van der Waals surface area contributed by atoms with Crippen molar-refractivity contribution < 1.29 is 4.39 Å². The molecule has 23 heavy (non-hydrogen) atoms. The largest absolute Gasteiger partial charge is 0.308 e. The fraction of sp³-hybridized carbons (Fsp3) is 0.400. The van der Waals surface area contributed by atoms with Crippen molar-refractivity contribution in [1.29, 1.82) is 0 Å². The summed E-state index contributed by atoms with van der Waals surface area (Å²) in [6.07, 6.45) is 4.93. The Morgan fingerprint density at radius 2 is 1.39 bits per heavy atom. The van der Waals surface area contributed by atoms with E-state index in [-0.39, 0.29) is 5.82 Å². The van der Waals surface area contributed by atoms with Crippen molar-refractivity contribution in [2.45, 2.75) is 50.9 Å². The molecule has 0 amide bonds. The minimum absolute atomic E-state index is 0.160. The van der Waals surface area contributed by atoms with Crippen LogP contribution in [-0.4, -0.2) is 12.1 Å². The molecule has 2 aromatic rings. The fourth-order valence-electron chi connectivity index (χ4n) is 3.36. The van der Waals surface area contributed by atoms with Crippen molar-refractivity contribution in [1.82, 2.24) is 10.6 Å². The van der Waals surface area contributed by atoms with Crippen LogP contribution >= 0.6 is 0 Å². The van der Waals surface area contributed by atoms with Gasteiger partial charge in [-0.2, -0.15) is 0 Å². The van der Waals surface area contributed by atoms with Gasteiger partial charge < -0.3 is 10.6 Å². The summed E-state index contributed by atoms with van der Waals surface area (Å²) in [5, 5.41) is 7.32. The maximum atomic E-state index is 13.3. The van der Waals surface area contributed by atoms with Crippen LogP contribution in [-0.2, 0) is 13.1 Å². The third-order valence-corrected chi connectivity index (χ3v) is 4.63. The average molecular weight is 312 g/mol. The zero-order valence-corrected chi connectivity index (χ0v) is 13.5. The lowest BCUT2D eigenvalue weighted by atomic mass is 9.90. The molecule has 0 radical (unpaired) electrons. The molecular weight excluding hydrogens is 287 g/mol. The second-order valence-electron chi connectivity index (χ2n) is 6.37. The molecule has 122 valence electrons. The molecule has 1 saturated carbocycles. The van der Waals surface area contributed by atoms with Gasteiger partial charge in [-0.1, -0.05) is 55.3 Å². The summed E-state index contributed by atoms with van der Waals surface area (Å²) in [6, 6.07) is 18.3. The highest BCUT2D eigenvalue weighted by Gasteiger charge is 2.24. The highest BCUT2D eigenvalue weighted by atomic mass is 19.1. The number of nitrogens with one attached hydrogen (secondary N) is 2. The van der Waals surface area contributed by atoms with Gasteiger partial charge in [0.1, 0.15) is 5.82 Å². The van der Waals surface area contributed by atoms with Gasteiger partial charge in [-0.25, -0.2) is 4.39 Å². The molecule has 2 nitrogen and oxygen atoms in total. The third kappa shape index (κ3) is 4.88. The van der Waals surface area contributed by atoms with E-state index in [2.05, 4.69) is 34.9 Å². The Kier molecular flexibility index (Phi) is 5.78. The van der Waals surface area contributed by atoms with Gasteiger partial charge in [0.2, 0.25) is 0 Å². The van der Waals surface area contributed by atoms with E-state index in [4.69, 9.17) is 0 Å². The second-order valence-corrected chi connectivity index (χ2v) is 6.37. The smallest absolute Gasteiger partial charge is 0.123 e. The van der Waals surface area contributed by atoms with Gasteiger partial charge in [-0.05, 0) is 36.1 Å². The van der Waals surface area contributed by atoms with Crippen molar-refractivity contribution >= 4 is 0 Å². The summed E-state index contributed by atoms with van der Waals surface area (Å²) in [7, 11) is 0. The lowest BCUT2D eigenvalue weighted by Gasteiger charge is -2.33. The quantitative estimate of drug-likeness (QED) is 0.842. The van der Waals surface area contributed by atoms with Gasteiger partial charge in [0.25, 0.3) is 0 Å². The summed E-state index contributed by atoms with van der Waals surface area (Å²) in [5.41, 5.74) is 2.33. The van der Waals surface area contributed by atoms with E-state index in [9.17, 15) is 4.39 Å². The fourth-order valence-corrected chi connectivity index (χ4v) is 3.36. The molecule has 2 aromatic carbocycles. The molecule has 3 heteroatoms. The first-order chi connectivity index (χ1) is 11.3. The van der Waals surface area contributed by atoms with Gasteiger partial charge in [-0.15, -0.1) is 0 Å². The zero-order valence-electron chi connectivity index (χ0n) is 13.5. The number of benzene rings is 2. The Hall–Kier alpha value is -1.71. The van der Waals surface area contributed by atoms with Crippen molar-refractivity contribution in [3.8, 4) is 0 Å². The molecular formula is C20H25FN2. The maximum Gasteiger partial charge on any atom is 0.123 e. The molecule has 2 atom stereocenters. The summed E-state index contributed by atoms with van der Waals surface area (Å²) in [6.45, 7) is 1.63. The van der Waals surface area contributed by atoms with E-state index < -0.39 is 0 Å². The number of halogens is 1. The molecule has 0 spiro atoms. The molecule has 2 unspecified atom stereocenters. The standard InChI is InChI=1S/C20H25FN2/c21-18-10-6-9-17(13-18)15-23-20-12-5-4-11-19(20)22-14-16-7-2-1-3-8-16/h1-3,6-10,13,19-20,22-23H,4-5,11-12,14-15H2. The Morgan fingerprint density at radius 1 is 0.783 bits per heavy atom. The number of hydrogen-bond acceptors (Lipinski definition) is 2. The SMILES string of the molecule is Fc1cccc(CNC2CCCCC2NCc2ccccc2)c1. The number of hydrogen-bond donors (Lipinski definition) is 2. The van der Waals surface area contributed by atoms with Crippen LogP contribution < -0.4 is 10.6 Å². The highest BCUT2D eigenvalue weighted by Crippen LogP contribution is 2.19. The zero-order chi connectivity index (χ0) is 15.9. The summed E-state index contributed by atoms with van der Waals surface area (Å²) < 4.78 is 13.3. The Labute approximate surface area is 138 Å². The number of rotatable bonds is 6. The average Bonchev–Trinajstić information content (AvgIpc) is 2.60. The molecule has 1 aliphatic carbocycles. The van der Waals surface area contributed by atoms with Crippen LogP contribution in [0.1, 0.15) is 36.8 Å². The lowest BCUT2D eigenvalue weighted by molar-refractivity contribution is 0.281. The van der Waals surface area contributed by atoms with Crippen LogP contribution in [0, 0.1) is 5.82 Å². The Bertz CT molecular complexity index is 600. The van der Waals surface area contributed by atoms with Crippen LogP contribution in [0.15, 0.2) is 54.6 Å². The van der Waals surface area contributed by atoms with Crippen LogP contribution in [0.3, 0.4) is 0 Å². The normalized spacial score (nSPS) is 21.3. The van der Waals surface area contributed by atoms with E-state index in [1.165, 1.54) is 37.3 Å². The van der Waals surface area contributed by atoms with Gasteiger partial charge in [0.05, 0.1) is 0 Å². The van der Waals surface area contributed by atoms with Crippen LogP contribution in [0.5, 0.6) is 0 Å². The van der Waals surface area contributed by atoms with Crippen molar-refractivity contribution in [2.24, 2.45) is 0 Å². The molecule has 0 aliphatic heterocycles. The van der Waals surface area contributed by atoms with E-state index >= 15 is 0 Å². The van der Waals surface area contributed by atoms with E-state index in [0.717, 1.165) is 18.7 Å². The predicted molar refractivity (Wildman–Crippen MR) is 92.6 cm³/mol. The molecule has 2 N–H and O–H groups in total. The van der Waals surface area contributed by atoms with Gasteiger partial charge in [0.15, 0.2) is 0 Å². The van der Waals surface area contributed by atoms with E-state index in [0.29, 0.717) is 12.1 Å². The van der Waals surface area contributed by atoms with Crippen LogP contribution in [0.2, 0.25) is 0 Å². The van der Waals surface area contributed by atoms with Crippen LogP contribution in [0.25, 0.3) is 0 Å². The third-order valence-electron chi connectivity index (χ3n) is 4.63. The second kappa shape index (κ2) is 8.23. The van der Waals surface area contributed by atoms with Gasteiger partial charge >= 0.3 is 0 Å². The Balaban J connectivity index is 1.53. The van der Waals surface area contributed by atoms with Gasteiger partial charge in [-0.3, -0.25) is 0 Å². The molecule has 0 heterocycles. The topological polar surface area (TPSA) is 24.1 Å². The minimum Gasteiger partial charge on any atom is -0.308 e. The summed E-state index contributed by atoms with van der Waals surface area (Å²) in [4.78, 5) is 0. The maximum absolute atomic E-state index is 13.3. The van der Waals surface area contributed by atoms with E-state index in [1.807, 2.05) is 12.1 Å². The first kappa shape index (κ1) is 16.2. The monoisotopic (exact) mass is 312 g/mol. The molecule has 1 fully saturated rings. The molecule has 0 bridgehead atoms. The van der Waals surface area contributed by atoms with E-state index in [1.54, 1.807) is 12.1 Å². The van der Waals surface area contributed by atoms with Crippen LogP contribution in [0.4, 0.5) is 4.39 Å². The molecule has 1 aliphatic rings. The van der Waals surface area contributed by atoms with Gasteiger partial charge in [0, 0.05) is 25.2 Å². The molecule has 0 saturated heterocycles. The summed E-state index contributed by atoms with van der Waals surface area (Å²) in [5.74, 6) is -0.160. The first-order valence-corrected chi connectivity index (χ1v) is 8.56. The predicted octanol–water partition coefficient (Wildman–Crippen LogP) is 4.02. The van der Waals surface area contributed by atoms with Crippen molar-refractivity contribution in [2.75, 3.05) is 0 Å². The lowest BCUT2D eigenvalue weighted by Crippen LogP contribution is -2.49. The highest BCUT2D eigenvalue weighted by molar-refractivity contribution is 5.16. The van der Waals surface area contributed by atoms with Crippen molar-refractivity contribution in [3.05, 3.63) is 71.5 Å². The first-order valence-electron chi connectivity index (χ1n) is 8.56. The Morgan fingerprint density at radius 3 is 2.04 bits per heavy atom. The minimum atomic E-state index is -0.160. The van der Waals surface area contributed by atoms with Crippen molar-refractivity contribution in [3.63, 3.8) is 0 Å².